The molecule has 0 radical (unpaired) electrons. The highest BCUT2D eigenvalue weighted by Gasteiger charge is 2.40. The summed E-state index contributed by atoms with van der Waals surface area (Å²) in [5, 5.41) is 3.52. The summed E-state index contributed by atoms with van der Waals surface area (Å²) in [7, 11) is 0. The van der Waals surface area contributed by atoms with Crippen molar-refractivity contribution in [3.63, 3.8) is 0 Å². The van der Waals surface area contributed by atoms with Crippen molar-refractivity contribution in [2.24, 2.45) is 11.8 Å². The Labute approximate surface area is 127 Å². The van der Waals surface area contributed by atoms with Crippen molar-refractivity contribution >= 4 is 5.91 Å². The molecule has 4 unspecified atom stereocenters. The molecule has 1 aromatic carbocycles. The predicted molar refractivity (Wildman–Crippen MR) is 84.6 cm³/mol. The second kappa shape index (κ2) is 6.18. The maximum atomic E-state index is 12.8. The van der Waals surface area contributed by atoms with Crippen molar-refractivity contribution in [2.45, 2.75) is 51.7 Å². The first-order valence-corrected chi connectivity index (χ1v) is 8.32. The van der Waals surface area contributed by atoms with Gasteiger partial charge in [0.1, 0.15) is 6.04 Å². The first kappa shape index (κ1) is 14.6. The van der Waals surface area contributed by atoms with Gasteiger partial charge in [-0.3, -0.25) is 10.1 Å². The van der Waals surface area contributed by atoms with Crippen molar-refractivity contribution in [1.82, 2.24) is 10.2 Å². The summed E-state index contributed by atoms with van der Waals surface area (Å²) in [6.07, 6.45) is 5.07. The smallest absolute Gasteiger partial charge is 0.245 e. The Kier molecular flexibility index (Phi) is 4.29. The summed E-state index contributed by atoms with van der Waals surface area (Å²) < 4.78 is 0. The molecular formula is C18H26N2O. The first-order valence-electron chi connectivity index (χ1n) is 8.32. The van der Waals surface area contributed by atoms with Gasteiger partial charge in [0.05, 0.1) is 6.17 Å². The number of carbonyl (C=O) groups is 1. The molecule has 1 amide bonds. The summed E-state index contributed by atoms with van der Waals surface area (Å²) in [5.74, 6) is 1.69. The molecule has 3 heteroatoms. The second-order valence-electron chi connectivity index (χ2n) is 6.59. The largest absolute Gasteiger partial charge is 0.325 e. The first-order chi connectivity index (χ1) is 10.2. The van der Waals surface area contributed by atoms with Gasteiger partial charge >= 0.3 is 0 Å². The van der Waals surface area contributed by atoms with Crippen LogP contribution in [-0.4, -0.2) is 23.5 Å². The van der Waals surface area contributed by atoms with E-state index in [9.17, 15) is 4.79 Å². The van der Waals surface area contributed by atoms with E-state index in [1.807, 2.05) is 30.3 Å². The van der Waals surface area contributed by atoms with E-state index in [1.54, 1.807) is 0 Å². The molecule has 1 aliphatic heterocycles. The molecule has 1 N–H and O–H groups in total. The van der Waals surface area contributed by atoms with Gasteiger partial charge in [-0.2, -0.15) is 0 Å². The molecule has 1 heterocycles. The minimum absolute atomic E-state index is 0.159. The van der Waals surface area contributed by atoms with E-state index in [4.69, 9.17) is 0 Å². The minimum atomic E-state index is -0.159. The van der Waals surface area contributed by atoms with Crippen LogP contribution in [0.4, 0.5) is 0 Å². The molecule has 3 nitrogen and oxygen atoms in total. The Morgan fingerprint density at radius 2 is 2.00 bits per heavy atom. The van der Waals surface area contributed by atoms with Crippen molar-refractivity contribution in [3.05, 3.63) is 35.9 Å². The number of nitrogens with one attached hydrogen (secondary N) is 1. The monoisotopic (exact) mass is 286 g/mol. The molecular weight excluding hydrogens is 260 g/mol. The summed E-state index contributed by atoms with van der Waals surface area (Å²) >= 11 is 0. The maximum Gasteiger partial charge on any atom is 0.245 e. The van der Waals surface area contributed by atoms with E-state index in [-0.39, 0.29) is 18.1 Å². The number of amides is 1. The molecule has 0 bridgehead atoms. The molecule has 4 atom stereocenters. The number of nitrogens with zero attached hydrogens (tertiary/aromatic N) is 1. The zero-order chi connectivity index (χ0) is 14.8. The van der Waals surface area contributed by atoms with Gasteiger partial charge in [-0.1, -0.05) is 57.0 Å². The standard InChI is InChI=1S/C18H26N2O/c1-3-16-19-17(14-9-5-4-6-10-14)18(21)20(16)12-15-11-7-8-13(15)2/h4-6,9-10,13,15-17,19H,3,7-8,11-12H2,1-2H3. The Balaban J connectivity index is 1.75. The molecule has 1 saturated carbocycles. The van der Waals surface area contributed by atoms with E-state index in [1.165, 1.54) is 19.3 Å². The topological polar surface area (TPSA) is 32.3 Å². The molecule has 1 aliphatic carbocycles. The van der Waals surface area contributed by atoms with Crippen LogP contribution >= 0.6 is 0 Å². The van der Waals surface area contributed by atoms with Crippen LogP contribution in [0.2, 0.25) is 0 Å². The highest BCUT2D eigenvalue weighted by Crippen LogP contribution is 2.34. The third-order valence-corrected chi connectivity index (χ3v) is 5.26. The average Bonchev–Trinajstić information content (AvgIpc) is 3.05. The van der Waals surface area contributed by atoms with Gasteiger partial charge in [0, 0.05) is 6.54 Å². The molecule has 2 aliphatic rings. The summed E-state index contributed by atoms with van der Waals surface area (Å²) in [6.45, 7) is 5.42. The van der Waals surface area contributed by atoms with Gasteiger partial charge in [-0.05, 0) is 30.2 Å². The predicted octanol–water partition coefficient (Wildman–Crippen LogP) is 3.33. The second-order valence-corrected chi connectivity index (χ2v) is 6.59. The zero-order valence-corrected chi connectivity index (χ0v) is 13.1. The Morgan fingerprint density at radius 3 is 2.62 bits per heavy atom. The van der Waals surface area contributed by atoms with Crippen LogP contribution in [0.5, 0.6) is 0 Å². The fourth-order valence-corrected chi connectivity index (χ4v) is 3.86. The Hall–Kier alpha value is -1.35. The third kappa shape index (κ3) is 2.84. The average molecular weight is 286 g/mol. The number of benzene rings is 1. The van der Waals surface area contributed by atoms with Gasteiger partial charge in [0.15, 0.2) is 0 Å². The summed E-state index contributed by atoms with van der Waals surface area (Å²) in [5.41, 5.74) is 1.09. The number of rotatable bonds is 4. The molecule has 21 heavy (non-hydrogen) atoms. The number of hydrogen-bond acceptors (Lipinski definition) is 2. The van der Waals surface area contributed by atoms with Crippen molar-refractivity contribution in [1.29, 1.82) is 0 Å². The molecule has 1 aromatic rings. The van der Waals surface area contributed by atoms with Gasteiger partial charge in [-0.25, -0.2) is 0 Å². The Morgan fingerprint density at radius 1 is 1.24 bits per heavy atom. The highest BCUT2D eigenvalue weighted by atomic mass is 16.2. The lowest BCUT2D eigenvalue weighted by Crippen LogP contribution is -2.40. The SMILES string of the molecule is CCC1NC(c2ccccc2)C(=O)N1CC1CCCC1C. The van der Waals surface area contributed by atoms with Crippen LogP contribution < -0.4 is 5.32 Å². The molecule has 2 fully saturated rings. The van der Waals surface area contributed by atoms with Crippen LogP contribution in [-0.2, 0) is 4.79 Å². The Bertz CT molecular complexity index is 487. The van der Waals surface area contributed by atoms with E-state index in [0.717, 1.165) is 24.4 Å². The summed E-state index contributed by atoms with van der Waals surface area (Å²) in [4.78, 5) is 14.9. The highest BCUT2D eigenvalue weighted by molar-refractivity contribution is 5.85. The van der Waals surface area contributed by atoms with Crippen LogP contribution in [0.1, 0.15) is 51.1 Å². The van der Waals surface area contributed by atoms with E-state index in [0.29, 0.717) is 5.92 Å². The van der Waals surface area contributed by atoms with E-state index >= 15 is 0 Å². The normalized spacial score (nSPS) is 32.9. The number of carbonyl (C=O) groups excluding carboxylic acids is 1. The van der Waals surface area contributed by atoms with Crippen LogP contribution in [0.15, 0.2) is 30.3 Å². The quantitative estimate of drug-likeness (QED) is 0.921. The fraction of sp³-hybridized carbons (Fsp3) is 0.611. The van der Waals surface area contributed by atoms with Crippen LogP contribution in [0.3, 0.4) is 0 Å². The molecule has 0 aromatic heterocycles. The lowest BCUT2D eigenvalue weighted by atomic mass is 9.97. The van der Waals surface area contributed by atoms with Crippen molar-refractivity contribution in [3.8, 4) is 0 Å². The van der Waals surface area contributed by atoms with Crippen LogP contribution in [0, 0.1) is 11.8 Å². The zero-order valence-electron chi connectivity index (χ0n) is 13.1. The molecule has 0 spiro atoms. The summed E-state index contributed by atoms with van der Waals surface area (Å²) in [6, 6.07) is 9.94. The van der Waals surface area contributed by atoms with Gasteiger partial charge in [-0.15, -0.1) is 0 Å². The lowest BCUT2D eigenvalue weighted by Gasteiger charge is -2.28. The van der Waals surface area contributed by atoms with E-state index in [2.05, 4.69) is 24.1 Å². The minimum Gasteiger partial charge on any atom is -0.325 e. The molecule has 3 rings (SSSR count). The van der Waals surface area contributed by atoms with Gasteiger partial charge in [0.2, 0.25) is 5.91 Å². The number of hydrogen-bond donors (Lipinski definition) is 1. The van der Waals surface area contributed by atoms with Crippen molar-refractivity contribution in [2.75, 3.05) is 6.54 Å². The van der Waals surface area contributed by atoms with E-state index < -0.39 is 0 Å². The van der Waals surface area contributed by atoms with Crippen molar-refractivity contribution < 1.29 is 4.79 Å². The van der Waals surface area contributed by atoms with Gasteiger partial charge in [0.25, 0.3) is 0 Å². The molecule has 114 valence electrons. The molecule has 1 saturated heterocycles. The third-order valence-electron chi connectivity index (χ3n) is 5.26. The fourth-order valence-electron chi connectivity index (χ4n) is 3.86. The maximum absolute atomic E-state index is 12.8. The van der Waals surface area contributed by atoms with Crippen LogP contribution in [0.25, 0.3) is 0 Å². The lowest BCUT2D eigenvalue weighted by molar-refractivity contribution is -0.130. The van der Waals surface area contributed by atoms with Gasteiger partial charge < -0.3 is 4.90 Å².